The van der Waals surface area contributed by atoms with Crippen molar-refractivity contribution in [3.8, 4) is 0 Å². The van der Waals surface area contributed by atoms with Crippen LogP contribution in [-0.2, 0) is 27.2 Å². The van der Waals surface area contributed by atoms with Gasteiger partial charge in [-0.3, -0.25) is 9.59 Å². The lowest BCUT2D eigenvalue weighted by atomic mass is 10.1. The average Bonchev–Trinajstić information content (AvgIpc) is 2.64. The van der Waals surface area contributed by atoms with Crippen LogP contribution in [0.2, 0.25) is 0 Å². The molecule has 1 aliphatic heterocycles. The van der Waals surface area contributed by atoms with Crippen LogP contribution in [-0.4, -0.2) is 43.0 Å². The average molecular weight is 352 g/mol. The van der Waals surface area contributed by atoms with Gasteiger partial charge in [0.25, 0.3) is 0 Å². The van der Waals surface area contributed by atoms with Gasteiger partial charge in [0.15, 0.2) is 0 Å². The lowest BCUT2D eigenvalue weighted by Gasteiger charge is -2.26. The van der Waals surface area contributed by atoms with Crippen molar-refractivity contribution in [3.63, 3.8) is 0 Å². The van der Waals surface area contributed by atoms with E-state index < -0.39 is 0 Å². The molecule has 0 aliphatic carbocycles. The Balaban J connectivity index is 1.52. The molecule has 2 aromatic rings. The molecule has 0 atom stereocenters. The molecule has 0 bridgehead atoms. The van der Waals surface area contributed by atoms with E-state index in [-0.39, 0.29) is 11.8 Å². The van der Waals surface area contributed by atoms with Gasteiger partial charge in [-0.15, -0.1) is 0 Å². The normalized spacial score (nSPS) is 14.1. The van der Waals surface area contributed by atoms with Gasteiger partial charge >= 0.3 is 0 Å². The predicted octanol–water partition coefficient (Wildman–Crippen LogP) is 2.58. The Kier molecular flexibility index (Phi) is 6.02. The van der Waals surface area contributed by atoms with E-state index in [9.17, 15) is 9.59 Å². The largest absolute Gasteiger partial charge is 0.378 e. The first-order valence-corrected chi connectivity index (χ1v) is 8.90. The molecule has 0 unspecified atom stereocenters. The second-order valence-corrected chi connectivity index (χ2v) is 6.58. The highest BCUT2D eigenvalue weighted by atomic mass is 16.5. The summed E-state index contributed by atoms with van der Waals surface area (Å²) < 4.78 is 5.27. The maximum atomic E-state index is 12.3. The first-order valence-electron chi connectivity index (χ1n) is 8.90. The van der Waals surface area contributed by atoms with Crippen molar-refractivity contribution in [2.45, 2.75) is 19.8 Å². The zero-order valence-corrected chi connectivity index (χ0v) is 15.0. The Hall–Kier alpha value is -2.66. The first kappa shape index (κ1) is 18.1. The summed E-state index contributed by atoms with van der Waals surface area (Å²) in [7, 11) is 0. The molecule has 136 valence electrons. The monoisotopic (exact) mass is 352 g/mol. The fourth-order valence-electron chi connectivity index (χ4n) is 3.02. The van der Waals surface area contributed by atoms with Crippen molar-refractivity contribution in [2.75, 3.05) is 31.6 Å². The molecule has 5 heteroatoms. The number of hydrogen-bond donors (Lipinski definition) is 1. The second kappa shape index (κ2) is 8.63. The van der Waals surface area contributed by atoms with Gasteiger partial charge in [0.2, 0.25) is 11.8 Å². The standard InChI is InChI=1S/C21H24N2O3/c1-16-3-2-4-18(13-16)14-20(24)22-19-7-5-17(6-8-19)15-21(25)23-9-11-26-12-10-23/h2-8,13H,9-12,14-15H2,1H3,(H,22,24). The lowest BCUT2D eigenvalue weighted by Crippen LogP contribution is -2.41. The Morgan fingerprint density at radius 2 is 1.73 bits per heavy atom. The fourth-order valence-corrected chi connectivity index (χ4v) is 3.02. The smallest absolute Gasteiger partial charge is 0.228 e. The lowest BCUT2D eigenvalue weighted by molar-refractivity contribution is -0.134. The molecule has 1 saturated heterocycles. The molecular weight excluding hydrogens is 328 g/mol. The van der Waals surface area contributed by atoms with Crippen LogP contribution in [0.25, 0.3) is 0 Å². The summed E-state index contributed by atoms with van der Waals surface area (Å²) in [4.78, 5) is 26.3. The highest BCUT2D eigenvalue weighted by Gasteiger charge is 2.16. The molecule has 0 spiro atoms. The number of rotatable bonds is 5. The zero-order valence-electron chi connectivity index (χ0n) is 15.0. The van der Waals surface area contributed by atoms with E-state index in [4.69, 9.17) is 4.74 Å². The van der Waals surface area contributed by atoms with Gasteiger partial charge in [-0.1, -0.05) is 42.0 Å². The number of nitrogens with one attached hydrogen (secondary N) is 1. The van der Waals surface area contributed by atoms with E-state index in [1.54, 1.807) is 0 Å². The summed E-state index contributed by atoms with van der Waals surface area (Å²) in [6, 6.07) is 15.4. The summed E-state index contributed by atoms with van der Waals surface area (Å²) in [6.07, 6.45) is 0.719. The van der Waals surface area contributed by atoms with Gasteiger partial charge in [0.1, 0.15) is 0 Å². The molecule has 1 fully saturated rings. The molecule has 0 aromatic heterocycles. The van der Waals surface area contributed by atoms with E-state index >= 15 is 0 Å². The summed E-state index contributed by atoms with van der Waals surface area (Å²) in [5, 5.41) is 2.90. The summed E-state index contributed by atoms with van der Waals surface area (Å²) in [5.74, 6) is 0.0669. The molecule has 1 aliphatic rings. The van der Waals surface area contributed by atoms with Crippen LogP contribution in [0.15, 0.2) is 48.5 Å². The van der Waals surface area contributed by atoms with E-state index in [0.717, 1.165) is 22.4 Å². The second-order valence-electron chi connectivity index (χ2n) is 6.58. The van der Waals surface area contributed by atoms with E-state index in [0.29, 0.717) is 39.1 Å². The third-order valence-electron chi connectivity index (χ3n) is 4.40. The van der Waals surface area contributed by atoms with Gasteiger partial charge in [-0.25, -0.2) is 0 Å². The quantitative estimate of drug-likeness (QED) is 0.900. The summed E-state index contributed by atoms with van der Waals surface area (Å²) in [5.41, 5.74) is 3.82. The van der Waals surface area contributed by atoms with Gasteiger partial charge in [-0.2, -0.15) is 0 Å². The third kappa shape index (κ3) is 5.17. The van der Waals surface area contributed by atoms with Crippen molar-refractivity contribution in [3.05, 3.63) is 65.2 Å². The number of benzene rings is 2. The highest BCUT2D eigenvalue weighted by Crippen LogP contribution is 2.13. The SMILES string of the molecule is Cc1cccc(CC(=O)Nc2ccc(CC(=O)N3CCOCC3)cc2)c1. The molecule has 2 aromatic carbocycles. The molecule has 5 nitrogen and oxygen atoms in total. The Labute approximate surface area is 154 Å². The number of nitrogens with zero attached hydrogens (tertiary/aromatic N) is 1. The Morgan fingerprint density at radius 1 is 1.00 bits per heavy atom. The first-order chi connectivity index (χ1) is 12.6. The fraction of sp³-hybridized carbons (Fsp3) is 0.333. The number of anilines is 1. The van der Waals surface area contributed by atoms with E-state index in [1.165, 1.54) is 0 Å². The Bertz CT molecular complexity index is 765. The van der Waals surface area contributed by atoms with Gasteiger partial charge in [0, 0.05) is 18.8 Å². The molecule has 0 radical (unpaired) electrons. The minimum Gasteiger partial charge on any atom is -0.378 e. The van der Waals surface area contributed by atoms with Gasteiger partial charge in [-0.05, 0) is 30.2 Å². The maximum Gasteiger partial charge on any atom is 0.228 e. The van der Waals surface area contributed by atoms with Gasteiger partial charge in [0.05, 0.1) is 26.1 Å². The molecule has 1 heterocycles. The van der Waals surface area contributed by atoms with Crippen molar-refractivity contribution in [1.82, 2.24) is 4.90 Å². The topological polar surface area (TPSA) is 58.6 Å². The van der Waals surface area contributed by atoms with Crippen LogP contribution in [0, 0.1) is 6.92 Å². The van der Waals surface area contributed by atoms with Crippen LogP contribution in [0.3, 0.4) is 0 Å². The minimum atomic E-state index is -0.0484. The minimum absolute atomic E-state index is 0.0484. The molecule has 26 heavy (non-hydrogen) atoms. The number of carbonyl (C=O) groups is 2. The molecule has 3 rings (SSSR count). The van der Waals surface area contributed by atoms with E-state index in [2.05, 4.69) is 5.32 Å². The Morgan fingerprint density at radius 3 is 2.42 bits per heavy atom. The van der Waals surface area contributed by atoms with Crippen LogP contribution in [0.4, 0.5) is 5.69 Å². The molecule has 1 N–H and O–H groups in total. The zero-order chi connectivity index (χ0) is 18.4. The van der Waals surface area contributed by atoms with Crippen LogP contribution >= 0.6 is 0 Å². The number of aryl methyl sites for hydroxylation is 1. The van der Waals surface area contributed by atoms with Crippen LogP contribution in [0.1, 0.15) is 16.7 Å². The number of hydrogen-bond acceptors (Lipinski definition) is 3. The highest BCUT2D eigenvalue weighted by molar-refractivity contribution is 5.92. The third-order valence-corrected chi connectivity index (χ3v) is 4.40. The molecular formula is C21H24N2O3. The van der Waals surface area contributed by atoms with Crippen molar-refractivity contribution in [2.24, 2.45) is 0 Å². The molecule has 2 amide bonds. The van der Waals surface area contributed by atoms with Crippen molar-refractivity contribution in [1.29, 1.82) is 0 Å². The van der Waals surface area contributed by atoms with Crippen LogP contribution in [0.5, 0.6) is 0 Å². The number of carbonyl (C=O) groups excluding carboxylic acids is 2. The molecule has 0 saturated carbocycles. The van der Waals surface area contributed by atoms with E-state index in [1.807, 2.05) is 60.4 Å². The predicted molar refractivity (Wildman–Crippen MR) is 101 cm³/mol. The van der Waals surface area contributed by atoms with Crippen LogP contribution < -0.4 is 5.32 Å². The summed E-state index contributed by atoms with van der Waals surface area (Å²) >= 11 is 0. The van der Waals surface area contributed by atoms with Gasteiger partial charge < -0.3 is 15.0 Å². The summed E-state index contributed by atoms with van der Waals surface area (Å²) in [6.45, 7) is 4.55. The van der Waals surface area contributed by atoms with Crippen molar-refractivity contribution >= 4 is 17.5 Å². The number of ether oxygens (including phenoxy) is 1. The number of morpholine rings is 1. The number of amides is 2. The maximum absolute atomic E-state index is 12.3. The van der Waals surface area contributed by atoms with Crippen molar-refractivity contribution < 1.29 is 14.3 Å².